The van der Waals surface area contributed by atoms with Crippen molar-refractivity contribution in [3.05, 3.63) is 35.7 Å². The molecule has 23 heavy (non-hydrogen) atoms. The molecule has 0 atom stereocenters. The van der Waals surface area contributed by atoms with Gasteiger partial charge in [0, 0.05) is 43.4 Å². The summed E-state index contributed by atoms with van der Waals surface area (Å²) in [5, 5.41) is 4.09. The molecular formula is C17H20N4O2. The van der Waals surface area contributed by atoms with Gasteiger partial charge in [0.05, 0.1) is 0 Å². The maximum atomic E-state index is 12.5. The number of amides is 1. The molecule has 0 aromatic carbocycles. The summed E-state index contributed by atoms with van der Waals surface area (Å²) < 4.78 is 5.32. The molecule has 6 nitrogen and oxygen atoms in total. The van der Waals surface area contributed by atoms with Crippen LogP contribution in [0, 0.1) is 0 Å². The number of aromatic nitrogens is 3. The van der Waals surface area contributed by atoms with Gasteiger partial charge in [-0.3, -0.25) is 9.78 Å². The molecule has 1 fully saturated rings. The molecule has 0 radical (unpaired) electrons. The van der Waals surface area contributed by atoms with E-state index in [2.05, 4.69) is 15.1 Å². The number of anilines is 1. The highest BCUT2D eigenvalue weighted by Crippen LogP contribution is 2.32. The van der Waals surface area contributed by atoms with Crippen LogP contribution in [-0.4, -0.2) is 27.6 Å². The SMILES string of the molecule is O=C(CCc1nc(C2CCCC2)no1)N1CCc2cnccc21. The van der Waals surface area contributed by atoms with E-state index in [0.29, 0.717) is 24.7 Å². The largest absolute Gasteiger partial charge is 0.339 e. The fraction of sp³-hybridized carbons (Fsp3) is 0.529. The van der Waals surface area contributed by atoms with Gasteiger partial charge in [0.15, 0.2) is 5.82 Å². The minimum atomic E-state index is 0.107. The quantitative estimate of drug-likeness (QED) is 0.868. The maximum Gasteiger partial charge on any atom is 0.227 e. The standard InChI is InChI=1S/C17H20N4O2/c22-16(21-10-8-13-11-18-9-7-14(13)21)6-5-15-19-17(20-23-15)12-3-1-2-4-12/h7,9,11-12H,1-6,8,10H2. The summed E-state index contributed by atoms with van der Waals surface area (Å²) in [5.74, 6) is 1.95. The van der Waals surface area contributed by atoms with Crippen molar-refractivity contribution in [2.75, 3.05) is 11.4 Å². The maximum absolute atomic E-state index is 12.5. The molecular weight excluding hydrogens is 292 g/mol. The fourth-order valence-electron chi connectivity index (χ4n) is 3.56. The van der Waals surface area contributed by atoms with Gasteiger partial charge in [0.2, 0.25) is 11.8 Å². The lowest BCUT2D eigenvalue weighted by molar-refractivity contribution is -0.118. The Bertz CT molecular complexity index is 706. The van der Waals surface area contributed by atoms with Gasteiger partial charge >= 0.3 is 0 Å². The third-order valence-electron chi connectivity index (χ3n) is 4.83. The normalized spacial score (nSPS) is 17.7. The van der Waals surface area contributed by atoms with Crippen LogP contribution in [0.25, 0.3) is 0 Å². The Morgan fingerprint density at radius 2 is 2.22 bits per heavy atom. The Morgan fingerprint density at radius 1 is 1.35 bits per heavy atom. The van der Waals surface area contributed by atoms with Gasteiger partial charge in [-0.15, -0.1) is 0 Å². The first-order valence-corrected chi connectivity index (χ1v) is 8.37. The van der Waals surface area contributed by atoms with Crippen LogP contribution < -0.4 is 4.90 Å². The van der Waals surface area contributed by atoms with Crippen molar-refractivity contribution in [1.82, 2.24) is 15.1 Å². The van der Waals surface area contributed by atoms with Gasteiger partial charge in [0.25, 0.3) is 0 Å². The van der Waals surface area contributed by atoms with Crippen LogP contribution in [0.5, 0.6) is 0 Å². The zero-order valence-electron chi connectivity index (χ0n) is 13.1. The van der Waals surface area contributed by atoms with E-state index in [4.69, 9.17) is 4.52 Å². The van der Waals surface area contributed by atoms with E-state index >= 15 is 0 Å². The summed E-state index contributed by atoms with van der Waals surface area (Å²) >= 11 is 0. The molecule has 0 saturated heterocycles. The van der Waals surface area contributed by atoms with Crippen molar-refractivity contribution in [3.8, 4) is 0 Å². The van der Waals surface area contributed by atoms with Crippen LogP contribution >= 0.6 is 0 Å². The Hall–Kier alpha value is -2.24. The number of carbonyl (C=O) groups is 1. The van der Waals surface area contributed by atoms with E-state index in [1.54, 1.807) is 6.20 Å². The molecule has 1 aliphatic carbocycles. The second kappa shape index (κ2) is 6.10. The molecule has 120 valence electrons. The van der Waals surface area contributed by atoms with Crippen LogP contribution in [0.15, 0.2) is 23.0 Å². The van der Waals surface area contributed by atoms with Crippen molar-refractivity contribution in [1.29, 1.82) is 0 Å². The number of nitrogens with zero attached hydrogens (tertiary/aromatic N) is 4. The lowest BCUT2D eigenvalue weighted by Crippen LogP contribution is -2.29. The van der Waals surface area contributed by atoms with Crippen molar-refractivity contribution >= 4 is 11.6 Å². The number of hydrogen-bond donors (Lipinski definition) is 0. The molecule has 1 saturated carbocycles. The lowest BCUT2D eigenvalue weighted by atomic mass is 10.1. The number of aryl methyl sites for hydroxylation is 1. The van der Waals surface area contributed by atoms with Gasteiger partial charge in [-0.25, -0.2) is 0 Å². The summed E-state index contributed by atoms with van der Waals surface area (Å²) in [4.78, 5) is 22.9. The van der Waals surface area contributed by atoms with Gasteiger partial charge in [0.1, 0.15) is 0 Å². The van der Waals surface area contributed by atoms with Gasteiger partial charge in [-0.1, -0.05) is 18.0 Å². The second-order valence-electron chi connectivity index (χ2n) is 6.33. The van der Waals surface area contributed by atoms with Crippen molar-refractivity contribution in [2.24, 2.45) is 0 Å². The highest BCUT2D eigenvalue weighted by atomic mass is 16.5. The third kappa shape index (κ3) is 2.85. The molecule has 1 aliphatic heterocycles. The minimum absolute atomic E-state index is 0.107. The summed E-state index contributed by atoms with van der Waals surface area (Å²) in [5.41, 5.74) is 2.13. The van der Waals surface area contributed by atoms with Gasteiger partial charge in [-0.2, -0.15) is 4.98 Å². The molecule has 0 N–H and O–H groups in total. The molecule has 3 heterocycles. The molecule has 6 heteroatoms. The minimum Gasteiger partial charge on any atom is -0.339 e. The van der Waals surface area contributed by atoms with Crippen LogP contribution in [0.1, 0.15) is 55.3 Å². The fourth-order valence-corrected chi connectivity index (χ4v) is 3.56. The van der Waals surface area contributed by atoms with Crippen LogP contribution in [-0.2, 0) is 17.6 Å². The van der Waals surface area contributed by atoms with Gasteiger partial charge < -0.3 is 9.42 Å². The molecule has 0 unspecified atom stereocenters. The number of pyridine rings is 1. The van der Waals surface area contributed by atoms with E-state index in [1.807, 2.05) is 17.2 Å². The monoisotopic (exact) mass is 312 g/mol. The van der Waals surface area contributed by atoms with Crippen molar-refractivity contribution in [3.63, 3.8) is 0 Å². The van der Waals surface area contributed by atoms with E-state index in [0.717, 1.165) is 42.9 Å². The molecule has 1 amide bonds. The number of fused-ring (bicyclic) bond motifs is 1. The summed E-state index contributed by atoms with van der Waals surface area (Å²) in [6.45, 7) is 0.733. The molecule has 2 aliphatic rings. The third-order valence-corrected chi connectivity index (χ3v) is 4.83. The van der Waals surface area contributed by atoms with E-state index in [1.165, 1.54) is 12.8 Å². The topological polar surface area (TPSA) is 72.1 Å². The first-order valence-electron chi connectivity index (χ1n) is 8.37. The smallest absolute Gasteiger partial charge is 0.227 e. The van der Waals surface area contributed by atoms with E-state index in [-0.39, 0.29) is 5.91 Å². The highest BCUT2D eigenvalue weighted by molar-refractivity contribution is 5.95. The lowest BCUT2D eigenvalue weighted by Gasteiger charge is -2.16. The number of hydrogen-bond acceptors (Lipinski definition) is 5. The van der Waals surface area contributed by atoms with Gasteiger partial charge in [-0.05, 0) is 30.9 Å². The zero-order chi connectivity index (χ0) is 15.6. The molecule has 2 aromatic rings. The first-order chi connectivity index (χ1) is 11.3. The molecule has 0 bridgehead atoms. The summed E-state index contributed by atoms with van der Waals surface area (Å²) in [6, 6.07) is 1.91. The van der Waals surface area contributed by atoms with Crippen LogP contribution in [0.4, 0.5) is 5.69 Å². The average Bonchev–Trinajstić information content (AvgIpc) is 3.31. The predicted molar refractivity (Wildman–Crippen MR) is 84.1 cm³/mol. The van der Waals surface area contributed by atoms with Crippen molar-refractivity contribution in [2.45, 2.75) is 50.9 Å². The average molecular weight is 312 g/mol. The Morgan fingerprint density at radius 3 is 3.09 bits per heavy atom. The zero-order valence-corrected chi connectivity index (χ0v) is 13.1. The molecule has 4 rings (SSSR count). The Labute approximate surface area is 134 Å². The van der Waals surface area contributed by atoms with E-state index < -0.39 is 0 Å². The highest BCUT2D eigenvalue weighted by Gasteiger charge is 2.25. The predicted octanol–water partition coefficient (Wildman–Crippen LogP) is 2.64. The number of rotatable bonds is 4. The van der Waals surface area contributed by atoms with Crippen LogP contribution in [0.3, 0.4) is 0 Å². The van der Waals surface area contributed by atoms with Crippen molar-refractivity contribution < 1.29 is 9.32 Å². The number of carbonyl (C=O) groups excluding carboxylic acids is 1. The molecule has 0 spiro atoms. The Balaban J connectivity index is 1.37. The van der Waals surface area contributed by atoms with Crippen LogP contribution in [0.2, 0.25) is 0 Å². The summed E-state index contributed by atoms with van der Waals surface area (Å²) in [6.07, 6.45) is 10.1. The van der Waals surface area contributed by atoms with E-state index in [9.17, 15) is 4.79 Å². The Kier molecular flexibility index (Phi) is 3.81. The second-order valence-corrected chi connectivity index (χ2v) is 6.33. The molecule has 2 aromatic heterocycles. The summed E-state index contributed by atoms with van der Waals surface area (Å²) in [7, 11) is 0. The first kappa shape index (κ1) is 14.4.